The van der Waals surface area contributed by atoms with Gasteiger partial charge in [0.05, 0.1) is 24.9 Å². The van der Waals surface area contributed by atoms with Gasteiger partial charge >= 0.3 is 12.1 Å². The van der Waals surface area contributed by atoms with E-state index in [2.05, 4.69) is 4.74 Å². The number of carbonyl (C=O) groups excluding carboxylic acids is 2. The fourth-order valence-electron chi connectivity index (χ4n) is 1.67. The van der Waals surface area contributed by atoms with Crippen molar-refractivity contribution in [3.8, 4) is 5.75 Å². The van der Waals surface area contributed by atoms with Gasteiger partial charge in [0.2, 0.25) is 0 Å². The summed E-state index contributed by atoms with van der Waals surface area (Å²) in [6, 6.07) is 2.88. The Morgan fingerprint density at radius 2 is 1.77 bits per heavy atom. The Balaban J connectivity index is 3.20. The van der Waals surface area contributed by atoms with Gasteiger partial charge in [-0.25, -0.2) is 9.59 Å². The van der Waals surface area contributed by atoms with Gasteiger partial charge in [-0.05, 0) is 26.8 Å². The van der Waals surface area contributed by atoms with Crippen LogP contribution in [0.2, 0.25) is 5.02 Å². The Hall–Kier alpha value is -1.95. The zero-order valence-corrected chi connectivity index (χ0v) is 14.3. The van der Waals surface area contributed by atoms with Crippen molar-refractivity contribution in [3.05, 3.63) is 22.7 Å². The molecular weight excluding hydrogens is 310 g/mol. The van der Waals surface area contributed by atoms with Crippen LogP contribution in [0.3, 0.4) is 0 Å². The van der Waals surface area contributed by atoms with E-state index in [0.29, 0.717) is 5.69 Å². The Labute approximate surface area is 134 Å². The highest BCUT2D eigenvalue weighted by Gasteiger charge is 2.24. The van der Waals surface area contributed by atoms with Crippen LogP contribution in [0, 0.1) is 0 Å². The van der Waals surface area contributed by atoms with Crippen LogP contribution in [0.25, 0.3) is 0 Å². The molecule has 0 fully saturated rings. The monoisotopic (exact) mass is 329 g/mol. The fourth-order valence-corrected chi connectivity index (χ4v) is 1.96. The van der Waals surface area contributed by atoms with Crippen molar-refractivity contribution in [3.63, 3.8) is 0 Å². The second-order valence-electron chi connectivity index (χ2n) is 5.53. The summed E-state index contributed by atoms with van der Waals surface area (Å²) in [5.74, 6) is -0.327. The van der Waals surface area contributed by atoms with Crippen LogP contribution >= 0.6 is 11.6 Å². The van der Waals surface area contributed by atoms with E-state index in [9.17, 15) is 9.59 Å². The molecule has 0 aliphatic heterocycles. The number of carbonyl (C=O) groups is 2. The summed E-state index contributed by atoms with van der Waals surface area (Å²) in [6.07, 6.45) is -0.567. The molecule has 122 valence electrons. The summed E-state index contributed by atoms with van der Waals surface area (Å²) in [7, 11) is 4.19. The van der Waals surface area contributed by atoms with Crippen molar-refractivity contribution in [2.24, 2.45) is 0 Å². The highest BCUT2D eigenvalue weighted by Crippen LogP contribution is 2.34. The van der Waals surface area contributed by atoms with E-state index in [-0.39, 0.29) is 16.3 Å². The number of hydrogen-bond acceptors (Lipinski definition) is 5. The van der Waals surface area contributed by atoms with Crippen LogP contribution in [-0.2, 0) is 9.47 Å². The second kappa shape index (κ2) is 6.87. The minimum Gasteiger partial charge on any atom is -0.496 e. The minimum atomic E-state index is -0.631. The van der Waals surface area contributed by atoms with E-state index < -0.39 is 17.7 Å². The molecule has 22 heavy (non-hydrogen) atoms. The number of nitrogens with zero attached hydrogens (tertiary/aromatic N) is 1. The number of esters is 1. The molecule has 0 aliphatic carbocycles. The fraction of sp³-hybridized carbons (Fsp3) is 0.467. The second-order valence-corrected chi connectivity index (χ2v) is 5.94. The smallest absolute Gasteiger partial charge is 0.414 e. The van der Waals surface area contributed by atoms with Crippen molar-refractivity contribution in [1.29, 1.82) is 0 Å². The van der Waals surface area contributed by atoms with Gasteiger partial charge in [-0.15, -0.1) is 0 Å². The molecular formula is C15H20ClNO5. The van der Waals surface area contributed by atoms with Crippen molar-refractivity contribution in [1.82, 2.24) is 0 Å². The maximum absolute atomic E-state index is 12.1. The van der Waals surface area contributed by atoms with E-state index >= 15 is 0 Å². The van der Waals surface area contributed by atoms with Crippen molar-refractivity contribution in [2.45, 2.75) is 26.4 Å². The predicted molar refractivity (Wildman–Crippen MR) is 84.0 cm³/mol. The first-order valence-electron chi connectivity index (χ1n) is 6.53. The van der Waals surface area contributed by atoms with Gasteiger partial charge in [0.25, 0.3) is 0 Å². The molecule has 0 aliphatic rings. The van der Waals surface area contributed by atoms with Crippen molar-refractivity contribution in [2.75, 3.05) is 26.2 Å². The number of methoxy groups -OCH3 is 2. The van der Waals surface area contributed by atoms with Gasteiger partial charge in [-0.3, -0.25) is 4.90 Å². The number of anilines is 1. The number of ether oxygens (including phenoxy) is 3. The van der Waals surface area contributed by atoms with Crippen molar-refractivity contribution < 1.29 is 23.8 Å². The highest BCUT2D eigenvalue weighted by atomic mass is 35.5. The van der Waals surface area contributed by atoms with Gasteiger partial charge in [-0.1, -0.05) is 11.6 Å². The molecule has 0 radical (unpaired) electrons. The first kappa shape index (κ1) is 18.1. The Bertz CT molecular complexity index is 580. The zero-order chi connectivity index (χ0) is 17.1. The lowest BCUT2D eigenvalue weighted by atomic mass is 10.1. The maximum atomic E-state index is 12.1. The molecule has 0 heterocycles. The lowest BCUT2D eigenvalue weighted by Gasteiger charge is -2.25. The number of benzene rings is 1. The zero-order valence-electron chi connectivity index (χ0n) is 13.5. The molecule has 6 nitrogen and oxygen atoms in total. The molecule has 0 saturated carbocycles. The molecule has 7 heteroatoms. The number of rotatable bonds is 3. The summed E-state index contributed by atoms with van der Waals surface area (Å²) in [4.78, 5) is 25.0. The van der Waals surface area contributed by atoms with E-state index in [1.165, 1.54) is 38.3 Å². The molecule has 1 aromatic rings. The molecule has 0 saturated heterocycles. The largest absolute Gasteiger partial charge is 0.496 e. The Morgan fingerprint density at radius 1 is 1.18 bits per heavy atom. The summed E-state index contributed by atoms with van der Waals surface area (Å²) >= 11 is 6.16. The van der Waals surface area contributed by atoms with E-state index in [1.54, 1.807) is 20.8 Å². The highest BCUT2D eigenvalue weighted by molar-refractivity contribution is 6.34. The Morgan fingerprint density at radius 3 is 2.23 bits per heavy atom. The third-order valence-corrected chi connectivity index (χ3v) is 3.01. The van der Waals surface area contributed by atoms with Gasteiger partial charge in [-0.2, -0.15) is 0 Å². The van der Waals surface area contributed by atoms with Crippen LogP contribution in [0.4, 0.5) is 10.5 Å². The standard InChI is InChI=1S/C15H20ClNO5/c1-15(2,3)22-14(19)17(4)11-8-12(20-5)9(7-10(11)16)13(18)21-6/h7-8H,1-6H3. The number of amides is 1. The molecule has 0 spiro atoms. The quantitative estimate of drug-likeness (QED) is 0.794. The average Bonchev–Trinajstić information content (AvgIpc) is 2.43. The van der Waals surface area contributed by atoms with Crippen LogP contribution in [0.15, 0.2) is 12.1 Å². The first-order chi connectivity index (χ1) is 10.1. The van der Waals surface area contributed by atoms with Gasteiger partial charge < -0.3 is 14.2 Å². The van der Waals surface area contributed by atoms with Crippen LogP contribution in [0.5, 0.6) is 5.75 Å². The molecule has 1 rings (SSSR count). The summed E-state index contributed by atoms with van der Waals surface area (Å²) in [5, 5.41) is 0.203. The molecule has 0 unspecified atom stereocenters. The van der Waals surface area contributed by atoms with Gasteiger partial charge in [0.15, 0.2) is 0 Å². The summed E-state index contributed by atoms with van der Waals surface area (Å²) in [5.41, 5.74) is -0.0924. The van der Waals surface area contributed by atoms with Gasteiger partial charge in [0.1, 0.15) is 16.9 Å². The van der Waals surface area contributed by atoms with Crippen LogP contribution in [0.1, 0.15) is 31.1 Å². The molecule has 1 amide bonds. The summed E-state index contributed by atoms with van der Waals surface area (Å²) in [6.45, 7) is 5.30. The first-order valence-corrected chi connectivity index (χ1v) is 6.91. The predicted octanol–water partition coefficient (Wildman–Crippen LogP) is 3.51. The number of hydrogen-bond donors (Lipinski definition) is 0. The normalized spacial score (nSPS) is 10.9. The molecule has 0 bridgehead atoms. The lowest BCUT2D eigenvalue weighted by molar-refractivity contribution is 0.0585. The van der Waals surface area contributed by atoms with Crippen LogP contribution < -0.4 is 9.64 Å². The van der Waals surface area contributed by atoms with E-state index in [0.717, 1.165) is 0 Å². The minimum absolute atomic E-state index is 0.177. The Kier molecular flexibility index (Phi) is 5.65. The molecule has 0 aromatic heterocycles. The lowest BCUT2D eigenvalue weighted by Crippen LogP contribution is -2.34. The third kappa shape index (κ3) is 4.27. The van der Waals surface area contributed by atoms with Gasteiger partial charge in [0, 0.05) is 13.1 Å². The molecule has 0 N–H and O–H groups in total. The SMILES string of the molecule is COC(=O)c1cc(Cl)c(N(C)C(=O)OC(C)(C)C)cc1OC. The maximum Gasteiger partial charge on any atom is 0.414 e. The third-order valence-electron chi connectivity index (χ3n) is 2.70. The average molecular weight is 330 g/mol. The summed E-state index contributed by atoms with van der Waals surface area (Å²) < 4.78 is 15.1. The molecule has 1 aromatic carbocycles. The van der Waals surface area contributed by atoms with E-state index in [1.807, 2.05) is 0 Å². The van der Waals surface area contributed by atoms with Crippen LogP contribution in [-0.4, -0.2) is 38.9 Å². The molecule has 0 atom stereocenters. The van der Waals surface area contributed by atoms with E-state index in [4.69, 9.17) is 21.1 Å². The number of halogens is 1. The topological polar surface area (TPSA) is 65.1 Å². The van der Waals surface area contributed by atoms with Crippen molar-refractivity contribution >= 4 is 29.4 Å².